The van der Waals surface area contributed by atoms with Gasteiger partial charge in [0.25, 0.3) is 0 Å². The van der Waals surface area contributed by atoms with E-state index in [1.165, 1.54) is 0 Å². The number of benzene rings is 1. The summed E-state index contributed by atoms with van der Waals surface area (Å²) in [5.74, 6) is 1.72. The van der Waals surface area contributed by atoms with E-state index >= 15 is 0 Å². The lowest BCUT2D eigenvalue weighted by molar-refractivity contribution is 0.314. The Balaban J connectivity index is 2.05. The molecule has 0 aromatic heterocycles. The van der Waals surface area contributed by atoms with Crippen LogP contribution >= 0.6 is 0 Å². The molecule has 4 N–H and O–H groups in total. The summed E-state index contributed by atoms with van der Waals surface area (Å²) in [6.45, 7) is 0. The third-order valence-electron chi connectivity index (χ3n) is 3.57. The van der Waals surface area contributed by atoms with Crippen molar-refractivity contribution >= 4 is 16.6 Å². The first-order valence-electron chi connectivity index (χ1n) is 6.81. The van der Waals surface area contributed by atoms with Gasteiger partial charge >= 0.3 is 0 Å². The maximum atomic E-state index is 11.4. The van der Waals surface area contributed by atoms with Crippen molar-refractivity contribution in [3.05, 3.63) is 35.9 Å². The van der Waals surface area contributed by atoms with Gasteiger partial charge in [0, 0.05) is 40.8 Å². The van der Waals surface area contributed by atoms with Crippen LogP contribution < -0.4 is 11.1 Å². The second-order valence-electron chi connectivity index (χ2n) is 5.05. The molecule has 1 aliphatic heterocycles. The highest BCUT2D eigenvalue weighted by Crippen LogP contribution is 2.20. The summed E-state index contributed by atoms with van der Waals surface area (Å²) in [4.78, 5) is 0. The Morgan fingerprint density at radius 3 is 2.65 bits per heavy atom. The van der Waals surface area contributed by atoms with Gasteiger partial charge in [-0.3, -0.25) is 4.21 Å². The second-order valence-corrected chi connectivity index (χ2v) is 6.74. The SMILES string of the molecule is N/C(CC(NC1CCS(=O)CC1)c1ccccc1)=N/O. The predicted octanol–water partition coefficient (Wildman–Crippen LogP) is 1.36. The number of nitrogens with one attached hydrogen (secondary N) is 1. The summed E-state index contributed by atoms with van der Waals surface area (Å²) in [7, 11) is -0.661. The molecule has 1 aromatic carbocycles. The van der Waals surface area contributed by atoms with Crippen LogP contribution in [0.2, 0.25) is 0 Å². The van der Waals surface area contributed by atoms with E-state index in [0.717, 1.165) is 29.9 Å². The van der Waals surface area contributed by atoms with Crippen LogP contribution in [0.3, 0.4) is 0 Å². The normalized spacial score (nSPS) is 25.3. The van der Waals surface area contributed by atoms with Gasteiger partial charge in [-0.05, 0) is 18.4 Å². The second kappa shape index (κ2) is 7.40. The molecule has 20 heavy (non-hydrogen) atoms. The van der Waals surface area contributed by atoms with Crippen LogP contribution in [0.5, 0.6) is 0 Å². The quantitative estimate of drug-likeness (QED) is 0.331. The van der Waals surface area contributed by atoms with Gasteiger partial charge in [0.15, 0.2) is 0 Å². The van der Waals surface area contributed by atoms with Gasteiger partial charge < -0.3 is 16.3 Å². The molecule has 0 amide bonds. The molecule has 5 nitrogen and oxygen atoms in total. The van der Waals surface area contributed by atoms with Gasteiger partial charge in [0.2, 0.25) is 0 Å². The Hall–Kier alpha value is -1.40. The van der Waals surface area contributed by atoms with Gasteiger partial charge in [-0.25, -0.2) is 0 Å². The molecular formula is C14H21N3O2S. The molecule has 1 heterocycles. The summed E-state index contributed by atoms with van der Waals surface area (Å²) in [6.07, 6.45) is 2.28. The fourth-order valence-corrected chi connectivity index (χ4v) is 3.75. The van der Waals surface area contributed by atoms with E-state index in [-0.39, 0.29) is 11.9 Å². The Labute approximate surface area is 121 Å². The van der Waals surface area contributed by atoms with E-state index in [0.29, 0.717) is 12.5 Å². The minimum atomic E-state index is -0.661. The Morgan fingerprint density at radius 2 is 2.05 bits per heavy atom. The molecule has 1 aliphatic rings. The number of rotatable bonds is 5. The van der Waals surface area contributed by atoms with Crippen molar-refractivity contribution in [1.82, 2.24) is 5.32 Å². The average molecular weight is 295 g/mol. The molecule has 1 saturated heterocycles. The van der Waals surface area contributed by atoms with Gasteiger partial charge in [-0.2, -0.15) is 0 Å². The van der Waals surface area contributed by atoms with Crippen molar-refractivity contribution in [2.75, 3.05) is 11.5 Å². The van der Waals surface area contributed by atoms with Crippen molar-refractivity contribution in [3.63, 3.8) is 0 Å². The zero-order valence-corrected chi connectivity index (χ0v) is 12.2. The van der Waals surface area contributed by atoms with E-state index in [4.69, 9.17) is 10.9 Å². The van der Waals surface area contributed by atoms with E-state index in [1.54, 1.807) is 0 Å². The number of oxime groups is 1. The van der Waals surface area contributed by atoms with Crippen LogP contribution in [0.25, 0.3) is 0 Å². The third kappa shape index (κ3) is 4.31. The Kier molecular flexibility index (Phi) is 5.55. The number of nitrogens with zero attached hydrogens (tertiary/aromatic N) is 1. The number of amidine groups is 1. The fraction of sp³-hybridized carbons (Fsp3) is 0.500. The molecule has 1 atom stereocenters. The van der Waals surface area contributed by atoms with Crippen molar-refractivity contribution in [1.29, 1.82) is 0 Å². The maximum Gasteiger partial charge on any atom is 0.141 e. The fourth-order valence-electron chi connectivity index (χ4n) is 2.45. The summed E-state index contributed by atoms with van der Waals surface area (Å²) < 4.78 is 11.4. The lowest BCUT2D eigenvalue weighted by Gasteiger charge is -2.28. The van der Waals surface area contributed by atoms with Crippen molar-refractivity contribution < 1.29 is 9.42 Å². The van der Waals surface area contributed by atoms with Crippen molar-refractivity contribution in [3.8, 4) is 0 Å². The van der Waals surface area contributed by atoms with Crippen LogP contribution in [0.4, 0.5) is 0 Å². The van der Waals surface area contributed by atoms with Crippen LogP contribution in [0.1, 0.15) is 30.9 Å². The van der Waals surface area contributed by atoms with Gasteiger partial charge in [0.1, 0.15) is 5.84 Å². The van der Waals surface area contributed by atoms with Gasteiger partial charge in [0.05, 0.1) is 0 Å². The summed E-state index contributed by atoms with van der Waals surface area (Å²) in [6, 6.07) is 10.3. The van der Waals surface area contributed by atoms with E-state index in [9.17, 15) is 4.21 Å². The first-order chi connectivity index (χ1) is 9.69. The molecule has 1 aromatic rings. The van der Waals surface area contributed by atoms with Crippen LogP contribution in [-0.2, 0) is 10.8 Å². The largest absolute Gasteiger partial charge is 0.409 e. The van der Waals surface area contributed by atoms with Crippen LogP contribution in [0, 0.1) is 0 Å². The molecule has 110 valence electrons. The number of nitrogens with two attached hydrogens (primary N) is 1. The highest BCUT2D eigenvalue weighted by molar-refractivity contribution is 7.85. The Bertz CT molecular complexity index is 469. The minimum Gasteiger partial charge on any atom is -0.409 e. The number of hydrogen-bond acceptors (Lipinski definition) is 4. The van der Waals surface area contributed by atoms with Crippen LogP contribution in [0.15, 0.2) is 35.5 Å². The maximum absolute atomic E-state index is 11.4. The molecular weight excluding hydrogens is 274 g/mol. The monoisotopic (exact) mass is 295 g/mol. The zero-order chi connectivity index (χ0) is 14.4. The molecule has 6 heteroatoms. The lowest BCUT2D eigenvalue weighted by Crippen LogP contribution is -2.39. The topological polar surface area (TPSA) is 87.7 Å². The van der Waals surface area contributed by atoms with E-state index in [1.807, 2.05) is 30.3 Å². The molecule has 0 aliphatic carbocycles. The lowest BCUT2D eigenvalue weighted by atomic mass is 10.0. The molecule has 0 radical (unpaired) electrons. The molecule has 0 spiro atoms. The van der Waals surface area contributed by atoms with Gasteiger partial charge in [-0.1, -0.05) is 35.5 Å². The number of hydrogen-bond donors (Lipinski definition) is 3. The molecule has 2 rings (SSSR count). The highest BCUT2D eigenvalue weighted by atomic mass is 32.2. The van der Waals surface area contributed by atoms with Crippen LogP contribution in [-0.4, -0.2) is 32.8 Å². The molecule has 1 fully saturated rings. The van der Waals surface area contributed by atoms with Crippen molar-refractivity contribution in [2.45, 2.75) is 31.3 Å². The minimum absolute atomic E-state index is 0.0173. The smallest absolute Gasteiger partial charge is 0.141 e. The van der Waals surface area contributed by atoms with Crippen molar-refractivity contribution in [2.24, 2.45) is 10.9 Å². The van der Waals surface area contributed by atoms with Gasteiger partial charge in [-0.15, -0.1) is 0 Å². The van der Waals surface area contributed by atoms with E-state index in [2.05, 4.69) is 10.5 Å². The summed E-state index contributed by atoms with van der Waals surface area (Å²) in [5.41, 5.74) is 6.77. The first-order valence-corrected chi connectivity index (χ1v) is 8.30. The highest BCUT2D eigenvalue weighted by Gasteiger charge is 2.22. The predicted molar refractivity (Wildman–Crippen MR) is 81.2 cm³/mol. The summed E-state index contributed by atoms with van der Waals surface area (Å²) in [5, 5.41) is 15.4. The third-order valence-corrected chi connectivity index (χ3v) is 4.95. The molecule has 0 saturated carbocycles. The Morgan fingerprint density at radius 1 is 1.40 bits per heavy atom. The standard InChI is InChI=1S/C14H21N3O2S/c15-14(17-18)10-13(11-4-2-1-3-5-11)16-12-6-8-20(19)9-7-12/h1-5,12-13,16,18H,6-10H2,(H2,15,17). The summed E-state index contributed by atoms with van der Waals surface area (Å²) >= 11 is 0. The first kappa shape index (κ1) is 15.0. The van der Waals surface area contributed by atoms with E-state index < -0.39 is 10.8 Å². The molecule has 1 unspecified atom stereocenters. The zero-order valence-electron chi connectivity index (χ0n) is 11.4. The molecule has 0 bridgehead atoms. The average Bonchev–Trinajstić information content (AvgIpc) is 2.49.